The molecular weight excluding hydrogens is 182 g/mol. The predicted molar refractivity (Wildman–Crippen MR) is 50.7 cm³/mol. The molecule has 14 heavy (non-hydrogen) atoms. The van der Waals surface area contributed by atoms with Crippen LogP contribution in [0.15, 0.2) is 30.3 Å². The third-order valence-electron chi connectivity index (χ3n) is 1.21. The SMILES string of the molecule is CC(O)C#N.O=C(O)c1ccccc1. The van der Waals surface area contributed by atoms with Crippen LogP contribution in [0.2, 0.25) is 0 Å². The van der Waals surface area contributed by atoms with E-state index in [2.05, 4.69) is 0 Å². The van der Waals surface area contributed by atoms with Gasteiger partial charge in [-0.3, -0.25) is 0 Å². The van der Waals surface area contributed by atoms with Gasteiger partial charge in [0.25, 0.3) is 0 Å². The summed E-state index contributed by atoms with van der Waals surface area (Å²) in [5, 5.41) is 24.0. The second-order valence-corrected chi connectivity index (χ2v) is 2.48. The minimum Gasteiger partial charge on any atom is -0.478 e. The third-order valence-corrected chi connectivity index (χ3v) is 1.21. The van der Waals surface area contributed by atoms with Gasteiger partial charge in [0.15, 0.2) is 0 Å². The van der Waals surface area contributed by atoms with E-state index in [0.29, 0.717) is 5.56 Å². The minimum absolute atomic E-state index is 0.331. The standard InChI is InChI=1S/C7H6O2.C3H5NO/c8-7(9)6-4-2-1-3-5-6;1-3(5)2-4/h1-5H,(H,8,9);3,5H,1H3. The summed E-state index contributed by atoms with van der Waals surface area (Å²) in [6.45, 7) is 1.42. The first kappa shape index (κ1) is 12.1. The number of aromatic carboxylic acids is 1. The van der Waals surface area contributed by atoms with E-state index < -0.39 is 12.1 Å². The van der Waals surface area contributed by atoms with Gasteiger partial charge in [-0.2, -0.15) is 5.26 Å². The molecule has 0 radical (unpaired) electrons. The molecule has 0 fully saturated rings. The summed E-state index contributed by atoms with van der Waals surface area (Å²) in [6, 6.07) is 9.88. The van der Waals surface area contributed by atoms with Crippen LogP contribution in [0.5, 0.6) is 0 Å². The fourth-order valence-electron chi connectivity index (χ4n) is 0.581. The predicted octanol–water partition coefficient (Wildman–Crippen LogP) is 1.28. The molecule has 1 atom stereocenters. The summed E-state index contributed by atoms with van der Waals surface area (Å²) in [5.41, 5.74) is 0.331. The number of nitriles is 1. The van der Waals surface area contributed by atoms with Crippen LogP contribution in [-0.4, -0.2) is 22.3 Å². The fraction of sp³-hybridized carbons (Fsp3) is 0.200. The normalized spacial score (nSPS) is 10.4. The molecule has 4 heteroatoms. The Hall–Kier alpha value is -1.86. The van der Waals surface area contributed by atoms with Crippen molar-refractivity contribution in [3.05, 3.63) is 35.9 Å². The zero-order valence-corrected chi connectivity index (χ0v) is 7.71. The summed E-state index contributed by atoms with van der Waals surface area (Å²) < 4.78 is 0. The lowest BCUT2D eigenvalue weighted by Crippen LogP contribution is -1.93. The molecule has 0 aromatic heterocycles. The average molecular weight is 193 g/mol. The molecule has 74 valence electrons. The number of hydrogen-bond acceptors (Lipinski definition) is 3. The molecule has 0 aliphatic carbocycles. The number of rotatable bonds is 1. The van der Waals surface area contributed by atoms with E-state index in [1.807, 2.05) is 0 Å². The highest BCUT2D eigenvalue weighted by Crippen LogP contribution is 1.96. The first-order valence-electron chi connectivity index (χ1n) is 3.94. The highest BCUT2D eigenvalue weighted by molar-refractivity contribution is 5.87. The van der Waals surface area contributed by atoms with E-state index in [1.54, 1.807) is 36.4 Å². The second-order valence-electron chi connectivity index (χ2n) is 2.48. The molecule has 2 N–H and O–H groups in total. The van der Waals surface area contributed by atoms with E-state index in [-0.39, 0.29) is 0 Å². The van der Waals surface area contributed by atoms with Crippen molar-refractivity contribution in [2.75, 3.05) is 0 Å². The summed E-state index contributed by atoms with van der Waals surface area (Å²) >= 11 is 0. The van der Waals surface area contributed by atoms with Crippen LogP contribution in [0, 0.1) is 11.3 Å². The van der Waals surface area contributed by atoms with Crippen molar-refractivity contribution in [2.24, 2.45) is 0 Å². The topological polar surface area (TPSA) is 81.3 Å². The van der Waals surface area contributed by atoms with Crippen molar-refractivity contribution in [1.29, 1.82) is 5.26 Å². The number of carboxylic acid groups (broad SMARTS) is 1. The highest BCUT2D eigenvalue weighted by Gasteiger charge is 1.96. The van der Waals surface area contributed by atoms with Gasteiger partial charge in [0.2, 0.25) is 0 Å². The molecule has 0 amide bonds. The Morgan fingerprint density at radius 1 is 1.43 bits per heavy atom. The Bertz CT molecular complexity index is 314. The van der Waals surface area contributed by atoms with Crippen LogP contribution < -0.4 is 0 Å². The summed E-state index contributed by atoms with van der Waals surface area (Å²) in [6.07, 6.45) is -0.810. The number of aliphatic hydroxyl groups excluding tert-OH is 1. The van der Waals surface area contributed by atoms with Gasteiger partial charge in [-0.15, -0.1) is 0 Å². The lowest BCUT2D eigenvalue weighted by Gasteiger charge is -1.88. The lowest BCUT2D eigenvalue weighted by atomic mass is 10.2. The molecule has 1 aromatic carbocycles. The minimum atomic E-state index is -0.879. The Balaban J connectivity index is 0.000000292. The van der Waals surface area contributed by atoms with Crippen molar-refractivity contribution >= 4 is 5.97 Å². The largest absolute Gasteiger partial charge is 0.478 e. The zero-order chi connectivity index (χ0) is 11.0. The quantitative estimate of drug-likeness (QED) is 0.658. The molecule has 4 nitrogen and oxygen atoms in total. The Labute approximate surface area is 82.0 Å². The summed E-state index contributed by atoms with van der Waals surface area (Å²) in [5.74, 6) is -0.879. The maximum Gasteiger partial charge on any atom is 0.335 e. The van der Waals surface area contributed by atoms with Crippen LogP contribution in [-0.2, 0) is 0 Å². The summed E-state index contributed by atoms with van der Waals surface area (Å²) in [7, 11) is 0. The van der Waals surface area contributed by atoms with Gasteiger partial charge < -0.3 is 10.2 Å². The zero-order valence-electron chi connectivity index (χ0n) is 7.71. The molecule has 1 unspecified atom stereocenters. The van der Waals surface area contributed by atoms with E-state index in [0.717, 1.165) is 0 Å². The number of hydrogen-bond donors (Lipinski definition) is 2. The maximum atomic E-state index is 10.2. The van der Waals surface area contributed by atoms with Crippen molar-refractivity contribution in [2.45, 2.75) is 13.0 Å². The number of carbonyl (C=O) groups is 1. The maximum absolute atomic E-state index is 10.2. The Morgan fingerprint density at radius 2 is 1.86 bits per heavy atom. The number of nitrogens with zero attached hydrogens (tertiary/aromatic N) is 1. The van der Waals surface area contributed by atoms with Gasteiger partial charge in [-0.1, -0.05) is 18.2 Å². The van der Waals surface area contributed by atoms with E-state index >= 15 is 0 Å². The van der Waals surface area contributed by atoms with Crippen molar-refractivity contribution in [3.8, 4) is 6.07 Å². The first-order chi connectivity index (χ1) is 6.57. The van der Waals surface area contributed by atoms with Gasteiger partial charge in [-0.25, -0.2) is 4.79 Å². The van der Waals surface area contributed by atoms with E-state index in [4.69, 9.17) is 15.5 Å². The van der Waals surface area contributed by atoms with Crippen LogP contribution in [0.3, 0.4) is 0 Å². The number of aliphatic hydroxyl groups is 1. The third kappa shape index (κ3) is 5.75. The van der Waals surface area contributed by atoms with E-state index in [9.17, 15) is 4.79 Å². The van der Waals surface area contributed by atoms with Crippen molar-refractivity contribution in [3.63, 3.8) is 0 Å². The van der Waals surface area contributed by atoms with Gasteiger partial charge in [0.05, 0.1) is 11.6 Å². The van der Waals surface area contributed by atoms with Gasteiger partial charge in [0, 0.05) is 0 Å². The average Bonchev–Trinajstić information content (AvgIpc) is 2.20. The lowest BCUT2D eigenvalue weighted by molar-refractivity contribution is 0.0697. The molecule has 0 spiro atoms. The second kappa shape index (κ2) is 6.63. The van der Waals surface area contributed by atoms with Crippen LogP contribution in [0.4, 0.5) is 0 Å². The van der Waals surface area contributed by atoms with Gasteiger partial charge in [0.1, 0.15) is 6.10 Å². The van der Waals surface area contributed by atoms with E-state index in [1.165, 1.54) is 6.92 Å². The Kier molecular flexibility index (Phi) is 5.75. The molecule has 1 aromatic rings. The Morgan fingerprint density at radius 3 is 2.07 bits per heavy atom. The number of benzene rings is 1. The van der Waals surface area contributed by atoms with Crippen LogP contribution in [0.1, 0.15) is 17.3 Å². The van der Waals surface area contributed by atoms with Crippen LogP contribution >= 0.6 is 0 Å². The van der Waals surface area contributed by atoms with Crippen molar-refractivity contribution in [1.82, 2.24) is 0 Å². The molecule has 0 aliphatic heterocycles. The molecular formula is C10H11NO3. The monoisotopic (exact) mass is 193 g/mol. The first-order valence-corrected chi connectivity index (χ1v) is 3.94. The van der Waals surface area contributed by atoms with Gasteiger partial charge >= 0.3 is 5.97 Å². The van der Waals surface area contributed by atoms with Crippen LogP contribution in [0.25, 0.3) is 0 Å². The smallest absolute Gasteiger partial charge is 0.335 e. The summed E-state index contributed by atoms with van der Waals surface area (Å²) in [4.78, 5) is 10.2. The molecule has 0 heterocycles. The molecule has 0 saturated carbocycles. The molecule has 1 rings (SSSR count). The highest BCUT2D eigenvalue weighted by atomic mass is 16.4. The molecule has 0 aliphatic rings. The fourth-order valence-corrected chi connectivity index (χ4v) is 0.581. The molecule has 0 bridgehead atoms. The molecule has 0 saturated heterocycles. The number of carboxylic acids is 1. The van der Waals surface area contributed by atoms with Gasteiger partial charge in [-0.05, 0) is 19.1 Å². The van der Waals surface area contributed by atoms with Crippen molar-refractivity contribution < 1.29 is 15.0 Å².